The van der Waals surface area contributed by atoms with Gasteiger partial charge in [0, 0.05) is 30.7 Å². The lowest BCUT2D eigenvalue weighted by Gasteiger charge is -2.23. The zero-order valence-corrected chi connectivity index (χ0v) is 13.0. The molecule has 4 heteroatoms. The molecule has 0 unspecified atom stereocenters. The molecule has 0 spiro atoms. The Labute approximate surface area is 121 Å². The molecule has 0 bridgehead atoms. The number of methoxy groups -OCH3 is 1. The van der Waals surface area contributed by atoms with Gasteiger partial charge in [0.25, 0.3) is 0 Å². The highest BCUT2D eigenvalue weighted by molar-refractivity contribution is 6.31. The fourth-order valence-electron chi connectivity index (χ4n) is 1.60. The van der Waals surface area contributed by atoms with E-state index in [1.54, 1.807) is 7.11 Å². The topological polar surface area (TPSA) is 30.5 Å². The maximum absolute atomic E-state index is 6.22. The molecule has 0 aliphatic heterocycles. The van der Waals surface area contributed by atoms with Gasteiger partial charge in [-0.25, -0.2) is 0 Å². The molecule has 0 fully saturated rings. The van der Waals surface area contributed by atoms with Gasteiger partial charge in [0.2, 0.25) is 0 Å². The highest BCUT2D eigenvalue weighted by Crippen LogP contribution is 2.27. The molecule has 1 rings (SSSR count). The van der Waals surface area contributed by atoms with E-state index in [4.69, 9.17) is 21.1 Å². The van der Waals surface area contributed by atoms with Crippen LogP contribution < -0.4 is 10.1 Å². The molecular weight excluding hydrogens is 262 g/mol. The van der Waals surface area contributed by atoms with Crippen LogP contribution in [0.2, 0.25) is 5.02 Å². The van der Waals surface area contributed by atoms with Crippen LogP contribution in [0.5, 0.6) is 5.75 Å². The number of halogens is 1. The van der Waals surface area contributed by atoms with E-state index in [-0.39, 0.29) is 5.60 Å². The summed E-state index contributed by atoms with van der Waals surface area (Å²) in [7, 11) is 1.72. The minimum absolute atomic E-state index is 0.166. The van der Waals surface area contributed by atoms with Crippen molar-refractivity contribution >= 4 is 11.6 Å². The molecule has 0 amide bonds. The van der Waals surface area contributed by atoms with E-state index in [0.717, 1.165) is 35.8 Å². The fraction of sp³-hybridized carbons (Fsp3) is 0.600. The van der Waals surface area contributed by atoms with E-state index in [9.17, 15) is 0 Å². The Morgan fingerprint density at radius 1 is 1.32 bits per heavy atom. The Balaban J connectivity index is 2.64. The number of nitrogens with one attached hydrogen (secondary N) is 1. The summed E-state index contributed by atoms with van der Waals surface area (Å²) in [4.78, 5) is 0. The zero-order valence-electron chi connectivity index (χ0n) is 12.3. The van der Waals surface area contributed by atoms with Crippen LogP contribution in [0.15, 0.2) is 18.2 Å². The zero-order chi connectivity index (χ0) is 14.3. The van der Waals surface area contributed by atoms with Gasteiger partial charge < -0.3 is 14.8 Å². The summed E-state index contributed by atoms with van der Waals surface area (Å²) in [6, 6.07) is 5.76. The molecule has 0 aliphatic carbocycles. The molecule has 0 aromatic heterocycles. The summed E-state index contributed by atoms with van der Waals surface area (Å²) in [6.45, 7) is 8.40. The highest BCUT2D eigenvalue weighted by Gasteiger charge is 2.16. The first-order valence-corrected chi connectivity index (χ1v) is 7.04. The van der Waals surface area contributed by atoms with Gasteiger partial charge >= 0.3 is 0 Å². The largest absolute Gasteiger partial charge is 0.493 e. The molecule has 3 nitrogen and oxygen atoms in total. The van der Waals surface area contributed by atoms with Crippen molar-refractivity contribution in [3.63, 3.8) is 0 Å². The van der Waals surface area contributed by atoms with Gasteiger partial charge in [-0.05, 0) is 32.5 Å². The van der Waals surface area contributed by atoms with Crippen LogP contribution in [-0.2, 0) is 11.3 Å². The van der Waals surface area contributed by atoms with Crippen molar-refractivity contribution in [3.05, 3.63) is 28.8 Å². The van der Waals surface area contributed by atoms with Gasteiger partial charge in [0.05, 0.1) is 12.2 Å². The van der Waals surface area contributed by atoms with Gasteiger partial charge in [-0.3, -0.25) is 0 Å². The van der Waals surface area contributed by atoms with Crippen molar-refractivity contribution < 1.29 is 9.47 Å². The first-order chi connectivity index (χ1) is 9.00. The van der Waals surface area contributed by atoms with Gasteiger partial charge in [-0.1, -0.05) is 24.6 Å². The summed E-state index contributed by atoms with van der Waals surface area (Å²) in [5.74, 6) is 0.848. The Hall–Kier alpha value is -0.770. The Kier molecular flexibility index (Phi) is 6.63. The predicted molar refractivity (Wildman–Crippen MR) is 80.0 cm³/mol. The SMILES string of the molecule is CCNCc1c(Cl)cccc1OCCC(C)(C)OC. The average Bonchev–Trinajstić information content (AvgIpc) is 2.38. The molecule has 0 saturated heterocycles. The number of benzene rings is 1. The molecule has 0 saturated carbocycles. The van der Waals surface area contributed by atoms with E-state index in [2.05, 4.69) is 12.2 Å². The fourth-order valence-corrected chi connectivity index (χ4v) is 1.84. The monoisotopic (exact) mass is 285 g/mol. The van der Waals surface area contributed by atoms with Crippen LogP contribution >= 0.6 is 11.6 Å². The van der Waals surface area contributed by atoms with Gasteiger partial charge in [-0.2, -0.15) is 0 Å². The van der Waals surface area contributed by atoms with Gasteiger partial charge in [-0.15, -0.1) is 0 Å². The molecule has 0 heterocycles. The molecule has 1 N–H and O–H groups in total. The maximum atomic E-state index is 6.22. The lowest BCUT2D eigenvalue weighted by atomic mass is 10.1. The van der Waals surface area contributed by atoms with Crippen LogP contribution in [0, 0.1) is 0 Å². The number of hydrogen-bond donors (Lipinski definition) is 1. The summed E-state index contributed by atoms with van der Waals surface area (Å²) in [5.41, 5.74) is 0.849. The van der Waals surface area contributed by atoms with Crippen molar-refractivity contribution in [1.29, 1.82) is 0 Å². The van der Waals surface area contributed by atoms with E-state index < -0.39 is 0 Å². The van der Waals surface area contributed by atoms with Gasteiger partial charge in [0.15, 0.2) is 0 Å². The Morgan fingerprint density at radius 3 is 2.68 bits per heavy atom. The van der Waals surface area contributed by atoms with Crippen LogP contribution in [0.3, 0.4) is 0 Å². The minimum Gasteiger partial charge on any atom is -0.493 e. The Morgan fingerprint density at radius 2 is 2.05 bits per heavy atom. The third-order valence-electron chi connectivity index (χ3n) is 3.14. The van der Waals surface area contributed by atoms with E-state index in [0.29, 0.717) is 6.61 Å². The maximum Gasteiger partial charge on any atom is 0.125 e. The summed E-state index contributed by atoms with van der Waals surface area (Å²) in [5, 5.41) is 4.01. The van der Waals surface area contributed by atoms with Crippen molar-refractivity contribution in [3.8, 4) is 5.75 Å². The molecule has 0 radical (unpaired) electrons. The second kappa shape index (κ2) is 7.73. The van der Waals surface area contributed by atoms with Crippen molar-refractivity contribution in [2.45, 2.75) is 39.3 Å². The lowest BCUT2D eigenvalue weighted by Crippen LogP contribution is -2.25. The summed E-state index contributed by atoms with van der Waals surface area (Å²) in [6.07, 6.45) is 0.830. The lowest BCUT2D eigenvalue weighted by molar-refractivity contribution is 0.00537. The molecule has 19 heavy (non-hydrogen) atoms. The van der Waals surface area contributed by atoms with Gasteiger partial charge in [0.1, 0.15) is 5.75 Å². The second-order valence-electron chi connectivity index (χ2n) is 5.06. The van der Waals surface area contributed by atoms with Crippen LogP contribution in [0.25, 0.3) is 0 Å². The first kappa shape index (κ1) is 16.3. The third kappa shape index (κ3) is 5.39. The third-order valence-corrected chi connectivity index (χ3v) is 3.50. The number of ether oxygens (including phenoxy) is 2. The summed E-state index contributed by atoms with van der Waals surface area (Å²) < 4.78 is 11.2. The molecular formula is C15H24ClNO2. The molecule has 0 aliphatic rings. The number of hydrogen-bond acceptors (Lipinski definition) is 3. The van der Waals surface area contributed by atoms with Crippen molar-refractivity contribution in [1.82, 2.24) is 5.32 Å². The van der Waals surface area contributed by atoms with Crippen molar-refractivity contribution in [2.24, 2.45) is 0 Å². The van der Waals surface area contributed by atoms with Crippen molar-refractivity contribution in [2.75, 3.05) is 20.3 Å². The molecule has 1 aromatic carbocycles. The molecule has 108 valence electrons. The first-order valence-electron chi connectivity index (χ1n) is 6.66. The molecule has 1 aromatic rings. The normalized spacial score (nSPS) is 11.6. The predicted octanol–water partition coefficient (Wildman–Crippen LogP) is 3.64. The van der Waals surface area contributed by atoms with E-state index in [1.165, 1.54) is 0 Å². The second-order valence-corrected chi connectivity index (χ2v) is 5.47. The van der Waals surface area contributed by atoms with Crippen LogP contribution in [-0.4, -0.2) is 25.9 Å². The quantitative estimate of drug-likeness (QED) is 0.791. The Bertz CT molecular complexity index is 394. The standard InChI is InChI=1S/C15H24ClNO2/c1-5-17-11-12-13(16)7-6-8-14(12)19-10-9-15(2,3)18-4/h6-8,17H,5,9-11H2,1-4H3. The smallest absolute Gasteiger partial charge is 0.125 e. The minimum atomic E-state index is -0.166. The van der Waals surface area contributed by atoms with E-state index in [1.807, 2.05) is 32.0 Å². The van der Waals surface area contributed by atoms with Crippen LogP contribution in [0.1, 0.15) is 32.8 Å². The van der Waals surface area contributed by atoms with E-state index >= 15 is 0 Å². The van der Waals surface area contributed by atoms with Crippen LogP contribution in [0.4, 0.5) is 0 Å². The number of rotatable bonds is 8. The average molecular weight is 286 g/mol. The summed E-state index contributed by atoms with van der Waals surface area (Å²) >= 11 is 6.22. The molecule has 0 atom stereocenters. The highest BCUT2D eigenvalue weighted by atomic mass is 35.5.